The molecule has 0 saturated heterocycles. The zero-order valence-electron chi connectivity index (χ0n) is 9.56. The highest BCUT2D eigenvalue weighted by atomic mass is 14.6. The van der Waals surface area contributed by atoms with Crippen molar-refractivity contribution in [1.29, 1.82) is 0 Å². The minimum Gasteiger partial charge on any atom is -0.328 e. The number of nitrogens with two attached hydrogens (primary N) is 1. The summed E-state index contributed by atoms with van der Waals surface area (Å²) in [5.41, 5.74) is 5.29. The Morgan fingerprint density at radius 3 is 1.42 bits per heavy atom. The van der Waals surface area contributed by atoms with Crippen molar-refractivity contribution in [2.45, 2.75) is 59.9 Å². The lowest BCUT2D eigenvalue weighted by Gasteiger charge is -1.91. The van der Waals surface area contributed by atoms with Crippen LogP contribution in [0.2, 0.25) is 0 Å². The lowest BCUT2D eigenvalue weighted by atomic mass is 10.3. The van der Waals surface area contributed by atoms with E-state index in [4.69, 9.17) is 5.73 Å². The van der Waals surface area contributed by atoms with Crippen LogP contribution in [0.3, 0.4) is 0 Å². The van der Waals surface area contributed by atoms with E-state index in [-0.39, 0.29) is 0 Å². The van der Waals surface area contributed by atoms with Crippen LogP contribution in [0.5, 0.6) is 0 Å². The zero-order chi connectivity index (χ0) is 10.4. The van der Waals surface area contributed by atoms with Crippen molar-refractivity contribution >= 4 is 0 Å². The van der Waals surface area contributed by atoms with Crippen LogP contribution in [0.15, 0.2) is 12.7 Å². The summed E-state index contributed by atoms with van der Waals surface area (Å²) in [6.07, 6.45) is 5.29. The van der Waals surface area contributed by atoms with Gasteiger partial charge in [0.05, 0.1) is 0 Å². The van der Waals surface area contributed by atoms with Crippen molar-refractivity contribution in [3.05, 3.63) is 12.7 Å². The third kappa shape index (κ3) is 101. The van der Waals surface area contributed by atoms with Gasteiger partial charge in [0.1, 0.15) is 0 Å². The summed E-state index contributed by atoms with van der Waals surface area (Å²) in [6, 6.07) is 0.384. The first kappa shape index (κ1) is 17.7. The Balaban J connectivity index is -0.000000105. The van der Waals surface area contributed by atoms with Gasteiger partial charge in [0.2, 0.25) is 0 Å². The van der Waals surface area contributed by atoms with Crippen molar-refractivity contribution in [2.24, 2.45) is 5.73 Å². The van der Waals surface area contributed by atoms with Gasteiger partial charge in [0, 0.05) is 6.04 Å². The van der Waals surface area contributed by atoms with Gasteiger partial charge in [0.15, 0.2) is 0 Å². The van der Waals surface area contributed by atoms with Crippen molar-refractivity contribution in [3.63, 3.8) is 0 Å². The molecule has 0 heterocycles. The predicted molar refractivity (Wildman–Crippen MR) is 60.4 cm³/mol. The molecule has 0 radical (unpaired) electrons. The second-order valence-corrected chi connectivity index (χ2v) is 2.79. The number of allylic oxidation sites excluding steroid dienone is 1. The Morgan fingerprint density at radius 2 is 1.42 bits per heavy atom. The molecule has 0 spiro atoms. The monoisotopic (exact) mass is 173 g/mol. The molecule has 0 aromatic carbocycles. The molecule has 1 heteroatoms. The van der Waals surface area contributed by atoms with E-state index in [9.17, 15) is 0 Å². The molecule has 0 aromatic rings. The van der Waals surface area contributed by atoms with Crippen LogP contribution in [0.1, 0.15) is 53.9 Å². The Labute approximate surface area is 79.1 Å². The summed E-state index contributed by atoms with van der Waals surface area (Å²) >= 11 is 0. The molecule has 0 saturated carbocycles. The van der Waals surface area contributed by atoms with E-state index in [0.717, 1.165) is 12.8 Å². The Bertz CT molecular complexity index is 58.0. The highest BCUT2D eigenvalue weighted by Crippen LogP contribution is 1.77. The minimum atomic E-state index is 0.384. The van der Waals surface area contributed by atoms with Gasteiger partial charge >= 0.3 is 0 Å². The summed E-state index contributed by atoms with van der Waals surface area (Å²) in [4.78, 5) is 0. The van der Waals surface area contributed by atoms with Crippen LogP contribution in [0.25, 0.3) is 0 Å². The first-order chi connectivity index (χ1) is 5.60. The van der Waals surface area contributed by atoms with E-state index in [1.54, 1.807) is 0 Å². The van der Waals surface area contributed by atoms with E-state index in [1.165, 1.54) is 6.42 Å². The van der Waals surface area contributed by atoms with Crippen molar-refractivity contribution in [3.8, 4) is 0 Å². The van der Waals surface area contributed by atoms with Crippen molar-refractivity contribution in [2.75, 3.05) is 0 Å². The summed E-state index contributed by atoms with van der Waals surface area (Å²) in [5, 5.41) is 0. The first-order valence-corrected chi connectivity index (χ1v) is 4.96. The van der Waals surface area contributed by atoms with E-state index in [2.05, 4.69) is 34.3 Å². The van der Waals surface area contributed by atoms with Gasteiger partial charge in [-0.2, -0.15) is 0 Å². The molecule has 1 atom stereocenters. The van der Waals surface area contributed by atoms with Gasteiger partial charge in [-0.05, 0) is 19.8 Å². The number of hydrogen-bond acceptors (Lipinski definition) is 1. The van der Waals surface area contributed by atoms with Crippen LogP contribution < -0.4 is 5.73 Å². The zero-order valence-corrected chi connectivity index (χ0v) is 9.56. The maximum atomic E-state index is 5.29. The minimum absolute atomic E-state index is 0.384. The predicted octanol–water partition coefficient (Wildman–Crippen LogP) is 3.74. The Kier molecular flexibility index (Phi) is 33.1. The first-order valence-electron chi connectivity index (χ1n) is 4.96. The molecule has 0 fully saturated rings. The van der Waals surface area contributed by atoms with E-state index in [1.807, 2.05) is 13.0 Å². The van der Waals surface area contributed by atoms with Crippen LogP contribution >= 0.6 is 0 Å². The molecule has 1 nitrogen and oxygen atoms in total. The molecule has 0 aliphatic carbocycles. The molecule has 0 bridgehead atoms. The molecule has 2 N–H and O–H groups in total. The summed E-state index contributed by atoms with van der Waals surface area (Å²) in [7, 11) is 0. The van der Waals surface area contributed by atoms with Crippen molar-refractivity contribution < 1.29 is 0 Å². The average Bonchev–Trinajstić information content (AvgIpc) is 2.06. The number of rotatable bonds is 2. The maximum Gasteiger partial charge on any atom is 0.000781 e. The molecule has 12 heavy (non-hydrogen) atoms. The van der Waals surface area contributed by atoms with Gasteiger partial charge in [-0.3, -0.25) is 0 Å². The largest absolute Gasteiger partial charge is 0.328 e. The Morgan fingerprint density at radius 1 is 1.25 bits per heavy atom. The molecular weight excluding hydrogens is 146 g/mol. The Hall–Kier alpha value is -0.300. The molecule has 0 aliphatic heterocycles. The van der Waals surface area contributed by atoms with Gasteiger partial charge < -0.3 is 5.73 Å². The van der Waals surface area contributed by atoms with Crippen molar-refractivity contribution in [1.82, 2.24) is 0 Å². The van der Waals surface area contributed by atoms with Crippen LogP contribution in [-0.4, -0.2) is 6.04 Å². The maximum absolute atomic E-state index is 5.29. The van der Waals surface area contributed by atoms with E-state index < -0.39 is 0 Å². The molecule has 76 valence electrons. The van der Waals surface area contributed by atoms with Crippen LogP contribution in [-0.2, 0) is 0 Å². The highest BCUT2D eigenvalue weighted by Gasteiger charge is 1.79. The van der Waals surface area contributed by atoms with Gasteiger partial charge in [0.25, 0.3) is 0 Å². The lowest BCUT2D eigenvalue weighted by Crippen LogP contribution is -2.11. The smallest absolute Gasteiger partial charge is 0.000781 e. The molecule has 0 aliphatic rings. The van der Waals surface area contributed by atoms with Crippen LogP contribution in [0, 0.1) is 0 Å². The fourth-order valence-electron chi connectivity index (χ4n) is 0. The standard InChI is InChI=1S/C4H11N.C4H8.C3H8/c1-3-4(2)5;1-3-4-2;1-3-2/h4H,3,5H2,1-2H3;3H,1,4H2,2H3;3H2,1-2H3. The quantitative estimate of drug-likeness (QED) is 0.632. The van der Waals surface area contributed by atoms with Crippen LogP contribution in [0.4, 0.5) is 0 Å². The molecule has 0 rings (SSSR count). The normalized spacial score (nSPS) is 9.83. The second-order valence-electron chi connectivity index (χ2n) is 2.79. The lowest BCUT2D eigenvalue weighted by molar-refractivity contribution is 0.715. The molecular formula is C11H27N. The second kappa shape index (κ2) is 22.4. The van der Waals surface area contributed by atoms with Gasteiger partial charge in [-0.15, -0.1) is 6.58 Å². The topological polar surface area (TPSA) is 26.0 Å². The summed E-state index contributed by atoms with van der Waals surface area (Å²) in [6.45, 7) is 13.9. The molecule has 1 unspecified atom stereocenters. The third-order valence-electron chi connectivity index (χ3n) is 0.933. The summed E-state index contributed by atoms with van der Waals surface area (Å²) in [5.74, 6) is 0. The summed E-state index contributed by atoms with van der Waals surface area (Å²) < 4.78 is 0. The fraction of sp³-hybridized carbons (Fsp3) is 0.818. The molecule has 0 amide bonds. The third-order valence-corrected chi connectivity index (χ3v) is 0.933. The van der Waals surface area contributed by atoms with E-state index in [0.29, 0.717) is 6.04 Å². The van der Waals surface area contributed by atoms with Gasteiger partial charge in [-0.25, -0.2) is 0 Å². The fourth-order valence-corrected chi connectivity index (χ4v) is 0. The van der Waals surface area contributed by atoms with E-state index >= 15 is 0 Å². The number of hydrogen-bond donors (Lipinski definition) is 1. The highest BCUT2D eigenvalue weighted by molar-refractivity contribution is 4.60. The van der Waals surface area contributed by atoms with Gasteiger partial charge in [-0.1, -0.05) is 40.2 Å². The average molecular weight is 173 g/mol. The SMILES string of the molecule is C=CCC.CCC.CCC(C)N. The molecule has 0 aromatic heterocycles.